The van der Waals surface area contributed by atoms with E-state index in [-0.39, 0.29) is 12.2 Å². The highest BCUT2D eigenvalue weighted by molar-refractivity contribution is 7.12. The van der Waals surface area contributed by atoms with Crippen molar-refractivity contribution in [3.05, 3.63) is 39.6 Å². The van der Waals surface area contributed by atoms with Gasteiger partial charge in [-0.05, 0) is 17.7 Å². The number of anilines is 1. The van der Waals surface area contributed by atoms with Crippen LogP contribution in [0.4, 0.5) is 23.7 Å². The van der Waals surface area contributed by atoms with Crippen LogP contribution in [0.3, 0.4) is 0 Å². The fourth-order valence-electron chi connectivity index (χ4n) is 3.80. The lowest BCUT2D eigenvalue weighted by molar-refractivity contribution is -0.134. The van der Waals surface area contributed by atoms with Gasteiger partial charge in [0.1, 0.15) is 9.88 Å². The van der Waals surface area contributed by atoms with Gasteiger partial charge in [-0.3, -0.25) is 4.98 Å². The zero-order chi connectivity index (χ0) is 21.6. The number of fused-ring (bicyclic) bond motifs is 1. The number of thiazole rings is 1. The van der Waals surface area contributed by atoms with Crippen molar-refractivity contribution in [2.75, 3.05) is 44.3 Å². The first-order valence-electron chi connectivity index (χ1n) is 9.88. The van der Waals surface area contributed by atoms with Crippen LogP contribution in [0.2, 0.25) is 0 Å². The Labute approximate surface area is 180 Å². The Morgan fingerprint density at radius 3 is 2.61 bits per heavy atom. The second-order valence-electron chi connectivity index (χ2n) is 7.58. The molecule has 0 bridgehead atoms. The van der Waals surface area contributed by atoms with E-state index in [0.29, 0.717) is 62.2 Å². The molecule has 3 aliphatic rings. The maximum Gasteiger partial charge on any atom is 0.427 e. The van der Waals surface area contributed by atoms with Gasteiger partial charge in [-0.2, -0.15) is 13.2 Å². The number of rotatable bonds is 3. The molecular formula is C20H19F3N4O3S. The number of pyridine rings is 1. The Morgan fingerprint density at radius 1 is 1.19 bits per heavy atom. The summed E-state index contributed by atoms with van der Waals surface area (Å²) in [4.78, 5) is 23.8. The summed E-state index contributed by atoms with van der Waals surface area (Å²) in [5.41, 5.74) is 3.43. The summed E-state index contributed by atoms with van der Waals surface area (Å²) < 4.78 is 49.2. The van der Waals surface area contributed by atoms with E-state index in [9.17, 15) is 18.0 Å². The van der Waals surface area contributed by atoms with Gasteiger partial charge in [0.05, 0.1) is 25.1 Å². The zero-order valence-electron chi connectivity index (χ0n) is 16.4. The summed E-state index contributed by atoms with van der Waals surface area (Å²) in [5.74, 6) is 0. The van der Waals surface area contributed by atoms with E-state index in [0.717, 1.165) is 28.7 Å². The summed E-state index contributed by atoms with van der Waals surface area (Å²) in [7, 11) is 0. The molecule has 1 amide bonds. The first kappa shape index (κ1) is 20.3. The number of hydrogen-bond acceptors (Lipinski definition) is 7. The highest BCUT2D eigenvalue weighted by Gasteiger charge is 2.34. The minimum Gasteiger partial charge on any atom is -0.441 e. The molecule has 0 aromatic carbocycles. The SMILES string of the molecule is O=C(OC1COC1)N1CCN(c2ccnc3c2C=C(c2ncc(C(F)(F)F)s2)C3)CC1. The normalized spacial score (nSPS) is 19.1. The highest BCUT2D eigenvalue weighted by Crippen LogP contribution is 2.40. The number of carbonyl (C=O) groups excluding carboxylic acids is 1. The van der Waals surface area contributed by atoms with Gasteiger partial charge in [-0.1, -0.05) is 0 Å². The number of amides is 1. The molecule has 2 fully saturated rings. The molecule has 0 saturated carbocycles. The van der Waals surface area contributed by atoms with Crippen LogP contribution in [-0.4, -0.2) is 66.5 Å². The van der Waals surface area contributed by atoms with Crippen LogP contribution in [0, 0.1) is 0 Å². The van der Waals surface area contributed by atoms with E-state index in [1.54, 1.807) is 11.1 Å². The van der Waals surface area contributed by atoms with Crippen molar-refractivity contribution in [3.63, 3.8) is 0 Å². The van der Waals surface area contributed by atoms with Gasteiger partial charge in [-0.15, -0.1) is 11.3 Å². The Kier molecular flexibility index (Phi) is 5.09. The Bertz CT molecular complexity index is 1030. The maximum atomic E-state index is 12.9. The molecule has 1 aliphatic carbocycles. The molecule has 4 heterocycles. The van der Waals surface area contributed by atoms with Gasteiger partial charge in [0, 0.05) is 50.0 Å². The number of piperazine rings is 1. The smallest absolute Gasteiger partial charge is 0.427 e. The Morgan fingerprint density at radius 2 is 1.97 bits per heavy atom. The molecule has 7 nitrogen and oxygen atoms in total. The fourth-order valence-corrected chi connectivity index (χ4v) is 4.60. The monoisotopic (exact) mass is 452 g/mol. The topological polar surface area (TPSA) is 67.8 Å². The van der Waals surface area contributed by atoms with Gasteiger partial charge in [-0.25, -0.2) is 9.78 Å². The second kappa shape index (κ2) is 7.79. The first-order valence-corrected chi connectivity index (χ1v) is 10.7. The summed E-state index contributed by atoms with van der Waals surface area (Å²) in [6, 6.07) is 1.90. The van der Waals surface area contributed by atoms with E-state index < -0.39 is 11.1 Å². The molecule has 0 atom stereocenters. The molecule has 2 aromatic rings. The predicted octanol–water partition coefficient (Wildman–Crippen LogP) is 3.31. The lowest BCUT2D eigenvalue weighted by atomic mass is 10.1. The van der Waals surface area contributed by atoms with Gasteiger partial charge in [0.25, 0.3) is 0 Å². The molecule has 2 aliphatic heterocycles. The molecule has 31 heavy (non-hydrogen) atoms. The van der Waals surface area contributed by atoms with Crippen molar-refractivity contribution in [3.8, 4) is 0 Å². The first-order chi connectivity index (χ1) is 14.9. The number of hydrogen-bond donors (Lipinski definition) is 0. The van der Waals surface area contributed by atoms with E-state index in [2.05, 4.69) is 14.9 Å². The van der Waals surface area contributed by atoms with Crippen LogP contribution in [0.15, 0.2) is 18.5 Å². The Hall–Kier alpha value is -2.66. The quantitative estimate of drug-likeness (QED) is 0.712. The summed E-state index contributed by atoms with van der Waals surface area (Å²) in [5, 5.41) is 0.365. The molecule has 0 N–H and O–H groups in total. The molecule has 0 spiro atoms. The van der Waals surface area contributed by atoms with Crippen LogP contribution in [0.25, 0.3) is 11.6 Å². The van der Waals surface area contributed by atoms with Crippen molar-refractivity contribution < 1.29 is 27.4 Å². The van der Waals surface area contributed by atoms with Crippen molar-refractivity contribution in [2.45, 2.75) is 18.7 Å². The van der Waals surface area contributed by atoms with E-state index >= 15 is 0 Å². The number of ether oxygens (including phenoxy) is 2. The largest absolute Gasteiger partial charge is 0.441 e. The Balaban J connectivity index is 1.29. The minimum atomic E-state index is -4.39. The molecule has 0 unspecified atom stereocenters. The number of nitrogens with zero attached hydrogens (tertiary/aromatic N) is 4. The third-order valence-corrected chi connectivity index (χ3v) is 6.66. The van der Waals surface area contributed by atoms with Crippen LogP contribution in [0.5, 0.6) is 0 Å². The molecule has 5 rings (SSSR count). The number of halogens is 3. The fraction of sp³-hybridized carbons (Fsp3) is 0.450. The van der Waals surface area contributed by atoms with Crippen LogP contribution in [0.1, 0.15) is 21.1 Å². The third-order valence-electron chi connectivity index (χ3n) is 5.54. The van der Waals surface area contributed by atoms with Crippen LogP contribution in [-0.2, 0) is 22.1 Å². The number of allylic oxidation sites excluding steroid dienone is 1. The van der Waals surface area contributed by atoms with E-state index in [4.69, 9.17) is 9.47 Å². The van der Waals surface area contributed by atoms with Gasteiger partial charge < -0.3 is 19.3 Å². The zero-order valence-corrected chi connectivity index (χ0v) is 17.2. The van der Waals surface area contributed by atoms with Crippen molar-refractivity contribution in [2.24, 2.45) is 0 Å². The maximum absolute atomic E-state index is 12.9. The van der Waals surface area contributed by atoms with Gasteiger partial charge in [0.15, 0.2) is 6.10 Å². The van der Waals surface area contributed by atoms with Crippen molar-refractivity contribution >= 4 is 34.8 Å². The van der Waals surface area contributed by atoms with Gasteiger partial charge >= 0.3 is 12.3 Å². The molecular weight excluding hydrogens is 433 g/mol. The number of carbonyl (C=O) groups is 1. The van der Waals surface area contributed by atoms with Crippen molar-refractivity contribution in [1.82, 2.24) is 14.9 Å². The average Bonchev–Trinajstić information content (AvgIpc) is 3.37. The van der Waals surface area contributed by atoms with Crippen molar-refractivity contribution in [1.29, 1.82) is 0 Å². The molecule has 2 saturated heterocycles. The van der Waals surface area contributed by atoms with Gasteiger partial charge in [0.2, 0.25) is 0 Å². The summed E-state index contributed by atoms with van der Waals surface area (Å²) in [6.45, 7) is 3.22. The summed E-state index contributed by atoms with van der Waals surface area (Å²) >= 11 is 0.651. The molecule has 2 aromatic heterocycles. The highest BCUT2D eigenvalue weighted by atomic mass is 32.1. The number of alkyl halides is 3. The molecule has 0 radical (unpaired) electrons. The van der Waals surface area contributed by atoms with Crippen LogP contribution >= 0.6 is 11.3 Å². The van der Waals surface area contributed by atoms with E-state index in [1.165, 1.54) is 0 Å². The summed E-state index contributed by atoms with van der Waals surface area (Å²) in [6.07, 6.45) is 0.0629. The minimum absolute atomic E-state index is 0.152. The molecule has 11 heteroatoms. The third kappa shape index (κ3) is 3.99. The standard InChI is InChI=1S/C20H19F3N4O3S/c21-20(22,23)17-9-25-18(31-17)12-7-14-15(8-12)24-2-1-16(14)26-3-5-27(6-4-26)19(28)30-13-10-29-11-13/h1-2,7,9,13H,3-6,8,10-11H2. The second-order valence-corrected chi connectivity index (χ2v) is 8.61. The number of aromatic nitrogens is 2. The molecule has 164 valence electrons. The average molecular weight is 452 g/mol. The van der Waals surface area contributed by atoms with E-state index in [1.807, 2.05) is 12.1 Å². The lowest BCUT2D eigenvalue weighted by Gasteiger charge is -2.37. The lowest BCUT2D eigenvalue weighted by Crippen LogP contribution is -2.51. The predicted molar refractivity (Wildman–Crippen MR) is 108 cm³/mol. The van der Waals surface area contributed by atoms with Crippen LogP contribution < -0.4 is 4.90 Å².